The van der Waals surface area contributed by atoms with Crippen LogP contribution in [0.4, 0.5) is 0 Å². The molecule has 1 aromatic rings. The van der Waals surface area contributed by atoms with Gasteiger partial charge in [0.1, 0.15) is 12.4 Å². The first kappa shape index (κ1) is 18.1. The van der Waals surface area contributed by atoms with Gasteiger partial charge in [-0.3, -0.25) is 4.79 Å². The molecular weight excluding hydrogens is 311 g/mol. The predicted octanol–water partition coefficient (Wildman–Crippen LogP) is 2.43. The van der Waals surface area contributed by atoms with E-state index in [4.69, 9.17) is 16.3 Å². The lowest BCUT2D eigenvalue weighted by molar-refractivity contribution is -0.126. The van der Waals surface area contributed by atoms with E-state index < -0.39 is 0 Å². The third-order valence-corrected chi connectivity index (χ3v) is 3.56. The molecule has 0 aromatic heterocycles. The third kappa shape index (κ3) is 5.38. The number of hydrogen-bond donors (Lipinski definition) is 2. The fourth-order valence-corrected chi connectivity index (χ4v) is 2.45. The van der Waals surface area contributed by atoms with E-state index >= 15 is 0 Å². The van der Waals surface area contributed by atoms with Crippen LogP contribution in [0, 0.1) is 5.92 Å². The molecule has 0 radical (unpaired) electrons. The van der Waals surface area contributed by atoms with Crippen LogP contribution in [0.5, 0.6) is 5.75 Å². The summed E-state index contributed by atoms with van der Waals surface area (Å²) >= 11 is 5.97. The number of amides is 1. The quantitative estimate of drug-likeness (QED) is 0.786. The highest BCUT2D eigenvalue weighted by Crippen LogP contribution is 2.29. The molecule has 2 N–H and O–H groups in total. The van der Waals surface area contributed by atoms with Crippen LogP contribution >= 0.6 is 24.0 Å². The molecule has 4 nitrogen and oxygen atoms in total. The van der Waals surface area contributed by atoms with E-state index in [9.17, 15) is 4.79 Å². The van der Waals surface area contributed by atoms with E-state index in [0.29, 0.717) is 24.6 Å². The van der Waals surface area contributed by atoms with Gasteiger partial charge in [-0.2, -0.15) is 0 Å². The van der Waals surface area contributed by atoms with E-state index in [0.717, 1.165) is 30.8 Å². The molecule has 1 heterocycles. The summed E-state index contributed by atoms with van der Waals surface area (Å²) in [7, 11) is 0. The molecule has 1 atom stereocenters. The van der Waals surface area contributed by atoms with Gasteiger partial charge in [0.15, 0.2) is 0 Å². The van der Waals surface area contributed by atoms with Gasteiger partial charge >= 0.3 is 0 Å². The Morgan fingerprint density at radius 1 is 1.38 bits per heavy atom. The minimum Gasteiger partial charge on any atom is -0.492 e. The molecule has 0 bridgehead atoms. The second kappa shape index (κ2) is 9.13. The lowest BCUT2D eigenvalue weighted by Crippen LogP contribution is -2.40. The van der Waals surface area contributed by atoms with E-state index in [-0.39, 0.29) is 24.2 Å². The summed E-state index contributed by atoms with van der Waals surface area (Å²) in [5.74, 6) is 0.754. The average Bonchev–Trinajstić information content (AvgIpc) is 2.46. The minimum atomic E-state index is -0.132. The molecule has 0 saturated heterocycles. The minimum absolute atomic E-state index is 0. The highest BCUT2D eigenvalue weighted by molar-refractivity contribution is 6.30. The van der Waals surface area contributed by atoms with Gasteiger partial charge in [0.05, 0.1) is 5.92 Å². The molecule has 1 unspecified atom stereocenters. The van der Waals surface area contributed by atoms with Crippen molar-refractivity contribution in [3.63, 3.8) is 0 Å². The second-order valence-electron chi connectivity index (χ2n) is 5.01. The zero-order valence-corrected chi connectivity index (χ0v) is 13.7. The lowest BCUT2D eigenvalue weighted by atomic mass is 9.96. The van der Waals surface area contributed by atoms with Gasteiger partial charge in [-0.15, -0.1) is 12.4 Å². The van der Waals surface area contributed by atoms with Crippen molar-refractivity contribution in [1.29, 1.82) is 0 Å². The van der Waals surface area contributed by atoms with Crippen LogP contribution in [0.25, 0.3) is 0 Å². The maximum atomic E-state index is 12.1. The van der Waals surface area contributed by atoms with Crippen molar-refractivity contribution in [3.8, 4) is 5.75 Å². The predicted molar refractivity (Wildman–Crippen MR) is 87.6 cm³/mol. The van der Waals surface area contributed by atoms with Crippen LogP contribution < -0.4 is 15.4 Å². The Morgan fingerprint density at radius 2 is 2.19 bits per heavy atom. The van der Waals surface area contributed by atoms with Crippen molar-refractivity contribution in [2.75, 3.05) is 26.2 Å². The maximum Gasteiger partial charge on any atom is 0.226 e. The number of ether oxygens (including phenoxy) is 1. The fraction of sp³-hybridized carbons (Fsp3) is 0.533. The number of nitrogens with one attached hydrogen (secondary N) is 2. The third-order valence-electron chi connectivity index (χ3n) is 3.33. The van der Waals surface area contributed by atoms with Gasteiger partial charge in [0.25, 0.3) is 0 Å². The standard InChI is InChI=1S/C15H21ClN2O2.ClH/c1-2-5-17-6-7-18-15(19)12-8-11-9-13(16)3-4-14(11)20-10-12;/h3-4,9,12,17H,2,5-8,10H2,1H3,(H,18,19);1H. The average molecular weight is 333 g/mol. The lowest BCUT2D eigenvalue weighted by Gasteiger charge is -2.24. The number of carbonyl (C=O) groups excluding carboxylic acids is 1. The Hall–Kier alpha value is -0.970. The van der Waals surface area contributed by atoms with Gasteiger partial charge in [0, 0.05) is 18.1 Å². The molecule has 1 aliphatic heterocycles. The van der Waals surface area contributed by atoms with Crippen LogP contribution in [0.3, 0.4) is 0 Å². The van der Waals surface area contributed by atoms with Crippen molar-refractivity contribution in [3.05, 3.63) is 28.8 Å². The number of halogens is 2. The number of carbonyl (C=O) groups is 1. The van der Waals surface area contributed by atoms with Gasteiger partial charge in [0.2, 0.25) is 5.91 Å². The monoisotopic (exact) mass is 332 g/mol. The molecule has 1 aliphatic rings. The van der Waals surface area contributed by atoms with E-state index in [2.05, 4.69) is 17.6 Å². The van der Waals surface area contributed by atoms with Crippen LogP contribution in [-0.4, -0.2) is 32.1 Å². The first-order valence-electron chi connectivity index (χ1n) is 7.10. The molecular formula is C15H22Cl2N2O2. The molecule has 0 saturated carbocycles. The van der Waals surface area contributed by atoms with Gasteiger partial charge in [-0.25, -0.2) is 0 Å². The van der Waals surface area contributed by atoms with Crippen molar-refractivity contribution in [1.82, 2.24) is 10.6 Å². The van der Waals surface area contributed by atoms with Crippen LogP contribution in [0.15, 0.2) is 18.2 Å². The number of rotatable bonds is 6. The van der Waals surface area contributed by atoms with E-state index in [1.165, 1.54) is 0 Å². The van der Waals surface area contributed by atoms with Crippen LogP contribution in [-0.2, 0) is 11.2 Å². The van der Waals surface area contributed by atoms with Crippen molar-refractivity contribution < 1.29 is 9.53 Å². The molecule has 1 aromatic carbocycles. The Kier molecular flexibility index (Phi) is 7.86. The molecule has 2 rings (SSSR count). The first-order chi connectivity index (χ1) is 9.70. The van der Waals surface area contributed by atoms with E-state index in [1.807, 2.05) is 12.1 Å². The summed E-state index contributed by atoms with van der Waals surface area (Å²) in [5, 5.41) is 6.87. The van der Waals surface area contributed by atoms with Crippen molar-refractivity contribution >= 4 is 29.9 Å². The Bertz CT molecular complexity index is 469. The zero-order valence-electron chi connectivity index (χ0n) is 12.2. The molecule has 6 heteroatoms. The molecule has 0 spiro atoms. The smallest absolute Gasteiger partial charge is 0.226 e. The normalized spacial score (nSPS) is 16.4. The Morgan fingerprint density at radius 3 is 2.95 bits per heavy atom. The number of benzene rings is 1. The fourth-order valence-electron chi connectivity index (χ4n) is 2.25. The topological polar surface area (TPSA) is 50.4 Å². The maximum absolute atomic E-state index is 12.1. The molecule has 118 valence electrons. The Balaban J connectivity index is 0.00000220. The van der Waals surface area contributed by atoms with Crippen LogP contribution in [0.2, 0.25) is 5.02 Å². The zero-order chi connectivity index (χ0) is 14.4. The first-order valence-corrected chi connectivity index (χ1v) is 7.48. The van der Waals surface area contributed by atoms with Crippen molar-refractivity contribution in [2.45, 2.75) is 19.8 Å². The van der Waals surface area contributed by atoms with Gasteiger partial charge in [-0.05, 0) is 43.1 Å². The summed E-state index contributed by atoms with van der Waals surface area (Å²) in [6.45, 7) is 4.98. The van der Waals surface area contributed by atoms with E-state index in [1.54, 1.807) is 6.07 Å². The SMILES string of the molecule is CCCNCCNC(=O)C1COc2ccc(Cl)cc2C1.Cl. The summed E-state index contributed by atoms with van der Waals surface area (Å²) in [6.07, 6.45) is 1.78. The summed E-state index contributed by atoms with van der Waals surface area (Å²) < 4.78 is 5.62. The number of hydrogen-bond acceptors (Lipinski definition) is 3. The second-order valence-corrected chi connectivity index (χ2v) is 5.44. The summed E-state index contributed by atoms with van der Waals surface area (Å²) in [5.41, 5.74) is 1.01. The largest absolute Gasteiger partial charge is 0.492 e. The summed E-state index contributed by atoms with van der Waals surface area (Å²) in [6, 6.07) is 5.54. The molecule has 0 fully saturated rings. The Labute approximate surface area is 137 Å². The number of fused-ring (bicyclic) bond motifs is 1. The molecule has 0 aliphatic carbocycles. The summed E-state index contributed by atoms with van der Waals surface area (Å²) in [4.78, 5) is 12.1. The van der Waals surface area contributed by atoms with Gasteiger partial charge < -0.3 is 15.4 Å². The highest BCUT2D eigenvalue weighted by atomic mass is 35.5. The highest BCUT2D eigenvalue weighted by Gasteiger charge is 2.25. The van der Waals surface area contributed by atoms with Crippen LogP contribution in [0.1, 0.15) is 18.9 Å². The van der Waals surface area contributed by atoms with Gasteiger partial charge in [-0.1, -0.05) is 18.5 Å². The molecule has 1 amide bonds. The van der Waals surface area contributed by atoms with Crippen molar-refractivity contribution in [2.24, 2.45) is 5.92 Å². The molecule has 21 heavy (non-hydrogen) atoms.